The molecule has 122 valence electrons. The third-order valence-corrected chi connectivity index (χ3v) is 5.60. The Morgan fingerprint density at radius 3 is 3.04 bits per heavy atom. The van der Waals surface area contributed by atoms with Gasteiger partial charge in [0, 0.05) is 24.4 Å². The number of thiophene rings is 1. The molecule has 1 aromatic carbocycles. The Morgan fingerprint density at radius 1 is 1.35 bits per heavy atom. The molecule has 1 saturated heterocycles. The van der Waals surface area contributed by atoms with Crippen LogP contribution in [0.4, 0.5) is 0 Å². The first-order chi connectivity index (χ1) is 11.2. The molecule has 0 spiro atoms. The SMILES string of the molecule is O=C(C[NH+]1CCC[C@@H]1c1cccs1)NCCc1cccc(Cl)c1. The van der Waals surface area contributed by atoms with Crippen LogP contribution >= 0.6 is 22.9 Å². The smallest absolute Gasteiger partial charge is 0.275 e. The summed E-state index contributed by atoms with van der Waals surface area (Å²) in [5, 5.41) is 5.91. The molecule has 1 amide bonds. The van der Waals surface area contributed by atoms with Gasteiger partial charge < -0.3 is 10.2 Å². The monoisotopic (exact) mass is 349 g/mol. The highest BCUT2D eigenvalue weighted by Gasteiger charge is 2.31. The topological polar surface area (TPSA) is 33.5 Å². The van der Waals surface area contributed by atoms with Crippen molar-refractivity contribution >= 4 is 28.8 Å². The van der Waals surface area contributed by atoms with Gasteiger partial charge in [0.1, 0.15) is 6.04 Å². The lowest BCUT2D eigenvalue weighted by atomic mass is 10.1. The molecule has 0 aliphatic carbocycles. The summed E-state index contributed by atoms with van der Waals surface area (Å²) in [5.41, 5.74) is 1.16. The van der Waals surface area contributed by atoms with Crippen LogP contribution in [0.3, 0.4) is 0 Å². The van der Waals surface area contributed by atoms with Crippen LogP contribution in [0.15, 0.2) is 41.8 Å². The molecule has 1 aliphatic rings. The molecular formula is C18H22ClN2OS+. The number of quaternary nitrogens is 1. The van der Waals surface area contributed by atoms with Gasteiger partial charge in [-0.15, -0.1) is 11.3 Å². The highest BCUT2D eigenvalue weighted by atomic mass is 35.5. The number of rotatable bonds is 6. The van der Waals surface area contributed by atoms with Crippen molar-refractivity contribution in [2.75, 3.05) is 19.6 Å². The number of hydrogen-bond donors (Lipinski definition) is 2. The lowest BCUT2D eigenvalue weighted by Crippen LogP contribution is -3.11. The van der Waals surface area contributed by atoms with Crippen molar-refractivity contribution in [3.05, 3.63) is 57.2 Å². The largest absolute Gasteiger partial charge is 0.351 e. The van der Waals surface area contributed by atoms with E-state index in [0.29, 0.717) is 19.1 Å². The average Bonchev–Trinajstić information content (AvgIpc) is 3.18. The van der Waals surface area contributed by atoms with Crippen molar-refractivity contribution in [1.29, 1.82) is 0 Å². The van der Waals surface area contributed by atoms with Crippen molar-refractivity contribution < 1.29 is 9.69 Å². The Bertz CT molecular complexity index is 644. The molecule has 1 aromatic heterocycles. The highest BCUT2D eigenvalue weighted by molar-refractivity contribution is 7.10. The summed E-state index contributed by atoms with van der Waals surface area (Å²) in [6.45, 7) is 2.32. The van der Waals surface area contributed by atoms with Gasteiger partial charge in [-0.2, -0.15) is 0 Å². The van der Waals surface area contributed by atoms with E-state index in [1.54, 1.807) is 11.3 Å². The van der Waals surface area contributed by atoms with Crippen LogP contribution in [0, 0.1) is 0 Å². The van der Waals surface area contributed by atoms with E-state index >= 15 is 0 Å². The van der Waals surface area contributed by atoms with Gasteiger partial charge in [0.05, 0.1) is 11.4 Å². The number of benzene rings is 1. The second-order valence-corrected chi connectivity index (χ2v) is 7.44. The maximum atomic E-state index is 12.2. The predicted molar refractivity (Wildman–Crippen MR) is 95.2 cm³/mol. The minimum Gasteiger partial charge on any atom is -0.351 e. The van der Waals surface area contributed by atoms with E-state index in [1.807, 2.05) is 24.3 Å². The van der Waals surface area contributed by atoms with Crippen molar-refractivity contribution in [2.24, 2.45) is 0 Å². The number of hydrogen-bond acceptors (Lipinski definition) is 2. The second-order valence-electron chi connectivity index (χ2n) is 6.03. The zero-order valence-corrected chi connectivity index (χ0v) is 14.6. The maximum absolute atomic E-state index is 12.2. The highest BCUT2D eigenvalue weighted by Crippen LogP contribution is 2.23. The minimum atomic E-state index is 0.144. The third-order valence-electron chi connectivity index (χ3n) is 4.38. The molecular weight excluding hydrogens is 328 g/mol. The quantitative estimate of drug-likeness (QED) is 0.825. The van der Waals surface area contributed by atoms with Crippen LogP contribution in [0.5, 0.6) is 0 Å². The molecule has 2 atom stereocenters. The molecule has 1 aliphatic heterocycles. The first-order valence-electron chi connectivity index (χ1n) is 8.11. The van der Waals surface area contributed by atoms with Crippen LogP contribution in [-0.2, 0) is 11.2 Å². The fraction of sp³-hybridized carbons (Fsp3) is 0.389. The molecule has 0 bridgehead atoms. The molecule has 2 aromatic rings. The second kappa shape index (κ2) is 7.95. The molecule has 5 heteroatoms. The van der Waals surface area contributed by atoms with E-state index in [1.165, 1.54) is 22.6 Å². The van der Waals surface area contributed by atoms with Gasteiger partial charge in [-0.25, -0.2) is 0 Å². The molecule has 1 unspecified atom stereocenters. The Hall–Kier alpha value is -1.36. The minimum absolute atomic E-state index is 0.144. The van der Waals surface area contributed by atoms with Crippen molar-refractivity contribution in [2.45, 2.75) is 25.3 Å². The number of carbonyl (C=O) groups excluding carboxylic acids is 1. The summed E-state index contributed by atoms with van der Waals surface area (Å²) in [6.07, 6.45) is 3.20. The summed E-state index contributed by atoms with van der Waals surface area (Å²) in [6, 6.07) is 12.6. The van der Waals surface area contributed by atoms with Gasteiger partial charge in [0.25, 0.3) is 5.91 Å². The Labute approximate surface area is 146 Å². The molecule has 3 nitrogen and oxygen atoms in total. The maximum Gasteiger partial charge on any atom is 0.275 e. The predicted octanol–water partition coefficient (Wildman–Crippen LogP) is 2.48. The van der Waals surface area contributed by atoms with E-state index in [9.17, 15) is 4.79 Å². The fourth-order valence-corrected chi connectivity index (χ4v) is 4.40. The summed E-state index contributed by atoms with van der Waals surface area (Å²) < 4.78 is 0. The summed E-state index contributed by atoms with van der Waals surface area (Å²) >= 11 is 7.78. The number of halogens is 1. The summed E-state index contributed by atoms with van der Waals surface area (Å²) in [5.74, 6) is 0.144. The molecule has 1 fully saturated rings. The zero-order valence-electron chi connectivity index (χ0n) is 13.1. The first kappa shape index (κ1) is 16.5. The van der Waals surface area contributed by atoms with Gasteiger partial charge in [0.2, 0.25) is 0 Å². The van der Waals surface area contributed by atoms with Gasteiger partial charge in [-0.05, 0) is 35.6 Å². The molecule has 0 saturated carbocycles. The molecule has 2 N–H and O–H groups in total. The Morgan fingerprint density at radius 2 is 2.26 bits per heavy atom. The first-order valence-corrected chi connectivity index (χ1v) is 9.37. The number of carbonyl (C=O) groups is 1. The number of amides is 1. The zero-order chi connectivity index (χ0) is 16.1. The van der Waals surface area contributed by atoms with E-state index in [-0.39, 0.29) is 5.91 Å². The van der Waals surface area contributed by atoms with Gasteiger partial charge >= 0.3 is 0 Å². The van der Waals surface area contributed by atoms with E-state index in [0.717, 1.165) is 23.6 Å². The standard InChI is InChI=1S/C18H21ClN2OS/c19-15-5-1-4-14(12-15)8-9-20-18(22)13-21-10-2-6-16(21)17-7-3-11-23-17/h1,3-5,7,11-12,16H,2,6,8-10,13H2,(H,20,22)/p+1/t16-/m1/s1. The van der Waals surface area contributed by atoms with Crippen LogP contribution < -0.4 is 10.2 Å². The lowest BCUT2D eigenvalue weighted by molar-refractivity contribution is -0.910. The van der Waals surface area contributed by atoms with Crippen molar-refractivity contribution in [3.8, 4) is 0 Å². The van der Waals surface area contributed by atoms with Crippen molar-refractivity contribution in [1.82, 2.24) is 5.32 Å². The van der Waals surface area contributed by atoms with Gasteiger partial charge in [-0.3, -0.25) is 4.79 Å². The average molecular weight is 350 g/mol. The van der Waals surface area contributed by atoms with Crippen molar-refractivity contribution in [3.63, 3.8) is 0 Å². The number of likely N-dealkylation sites (tertiary alicyclic amines) is 1. The van der Waals surface area contributed by atoms with Gasteiger partial charge in [0.15, 0.2) is 6.54 Å². The third kappa shape index (κ3) is 4.56. The van der Waals surface area contributed by atoms with E-state index in [4.69, 9.17) is 11.6 Å². The number of nitrogens with one attached hydrogen (secondary N) is 2. The van der Waals surface area contributed by atoms with Gasteiger partial charge in [-0.1, -0.05) is 29.8 Å². The Balaban J connectivity index is 1.46. The summed E-state index contributed by atoms with van der Waals surface area (Å²) in [4.78, 5) is 15.0. The molecule has 2 heterocycles. The van der Waals surface area contributed by atoms with Crippen LogP contribution in [-0.4, -0.2) is 25.5 Å². The van der Waals surface area contributed by atoms with Crippen LogP contribution in [0.25, 0.3) is 0 Å². The molecule has 0 radical (unpaired) electrons. The Kier molecular flexibility index (Phi) is 5.70. The molecule has 23 heavy (non-hydrogen) atoms. The van der Waals surface area contributed by atoms with Crippen LogP contribution in [0.1, 0.15) is 29.3 Å². The molecule has 3 rings (SSSR count). The normalized spacial score (nSPS) is 20.6. The van der Waals surface area contributed by atoms with Crippen LogP contribution in [0.2, 0.25) is 5.02 Å². The fourth-order valence-electron chi connectivity index (χ4n) is 3.26. The van der Waals surface area contributed by atoms with E-state index < -0.39 is 0 Å². The summed E-state index contributed by atoms with van der Waals surface area (Å²) in [7, 11) is 0. The lowest BCUT2D eigenvalue weighted by Gasteiger charge is -2.20. The van der Waals surface area contributed by atoms with E-state index in [2.05, 4.69) is 22.8 Å².